The summed E-state index contributed by atoms with van der Waals surface area (Å²) in [6.07, 6.45) is 1.37. The molecule has 0 spiro atoms. The van der Waals surface area contributed by atoms with E-state index in [0.717, 1.165) is 13.0 Å². The number of carbonyl (C=O) groups is 1. The van der Waals surface area contributed by atoms with E-state index in [-0.39, 0.29) is 41.6 Å². The van der Waals surface area contributed by atoms with E-state index >= 15 is 0 Å². The number of nitro benzene ring substituents is 1. The van der Waals surface area contributed by atoms with Crippen LogP contribution >= 0.6 is 24.0 Å². The van der Waals surface area contributed by atoms with Crippen LogP contribution in [0.1, 0.15) is 25.3 Å². The zero-order chi connectivity index (χ0) is 17.5. The number of nitrogens with one attached hydrogen (secondary N) is 2. The summed E-state index contributed by atoms with van der Waals surface area (Å²) in [6, 6.07) is 6.75. The Morgan fingerprint density at radius 1 is 1.44 bits per heavy atom. The van der Waals surface area contributed by atoms with Crippen molar-refractivity contribution in [2.45, 2.75) is 32.4 Å². The molecule has 0 radical (unpaired) electrons. The van der Waals surface area contributed by atoms with Crippen LogP contribution in [0, 0.1) is 10.1 Å². The number of aliphatic imine (C=N–C) groups is 1. The van der Waals surface area contributed by atoms with Gasteiger partial charge in [0.15, 0.2) is 5.96 Å². The minimum atomic E-state index is -0.390. The lowest BCUT2D eigenvalue weighted by Crippen LogP contribution is -2.44. The lowest BCUT2D eigenvalue weighted by molar-refractivity contribution is -0.385. The number of para-hydroxylation sites is 1. The molecule has 9 heteroatoms. The van der Waals surface area contributed by atoms with Crippen molar-refractivity contribution in [3.63, 3.8) is 0 Å². The van der Waals surface area contributed by atoms with Crippen LogP contribution in [0.15, 0.2) is 29.3 Å². The Bertz CT molecular complexity index is 638. The van der Waals surface area contributed by atoms with Gasteiger partial charge in [-0.1, -0.05) is 25.1 Å². The number of rotatable bonds is 5. The Labute approximate surface area is 164 Å². The quantitative estimate of drug-likeness (QED) is 0.229. The molecule has 1 saturated heterocycles. The molecule has 8 nitrogen and oxygen atoms in total. The van der Waals surface area contributed by atoms with Crippen LogP contribution in [0.3, 0.4) is 0 Å². The van der Waals surface area contributed by atoms with Crippen LogP contribution in [0.25, 0.3) is 0 Å². The van der Waals surface area contributed by atoms with Gasteiger partial charge in [0, 0.05) is 50.8 Å². The normalized spacial score (nSPS) is 17.0. The third-order valence-corrected chi connectivity index (χ3v) is 4.04. The third kappa shape index (κ3) is 5.83. The molecule has 2 rings (SSSR count). The van der Waals surface area contributed by atoms with Crippen molar-refractivity contribution in [1.29, 1.82) is 0 Å². The summed E-state index contributed by atoms with van der Waals surface area (Å²) < 4.78 is 0. The second-order valence-corrected chi connectivity index (χ2v) is 5.63. The van der Waals surface area contributed by atoms with Gasteiger partial charge in [0.25, 0.3) is 5.69 Å². The molecule has 1 atom stereocenters. The van der Waals surface area contributed by atoms with E-state index in [1.165, 1.54) is 6.07 Å². The van der Waals surface area contributed by atoms with Crippen LogP contribution in [0.4, 0.5) is 5.69 Å². The standard InChI is InChI=1S/C16H23N5O3.HI/c1-3-15(22)20-9-8-13(11-20)19-16(17-2)18-10-12-6-4-5-7-14(12)21(23)24;/h4-7,13H,3,8-11H2,1-2H3,(H2,17,18,19);1H. The number of halogens is 1. The molecule has 0 saturated carbocycles. The summed E-state index contributed by atoms with van der Waals surface area (Å²) in [4.78, 5) is 28.4. The maximum atomic E-state index is 11.7. The molecule has 25 heavy (non-hydrogen) atoms. The number of benzene rings is 1. The van der Waals surface area contributed by atoms with Crippen molar-refractivity contribution in [3.8, 4) is 0 Å². The molecule has 2 N–H and O–H groups in total. The van der Waals surface area contributed by atoms with Gasteiger partial charge in [0.2, 0.25) is 5.91 Å². The Kier molecular flexibility index (Phi) is 8.59. The molecule has 0 aromatic heterocycles. The van der Waals surface area contributed by atoms with Gasteiger partial charge in [-0.05, 0) is 6.42 Å². The average molecular weight is 461 g/mol. The van der Waals surface area contributed by atoms with E-state index in [2.05, 4.69) is 15.6 Å². The first-order valence-electron chi connectivity index (χ1n) is 8.02. The number of nitro groups is 1. The highest BCUT2D eigenvalue weighted by atomic mass is 127. The van der Waals surface area contributed by atoms with E-state index in [4.69, 9.17) is 0 Å². The summed E-state index contributed by atoms with van der Waals surface area (Å²) in [5, 5.41) is 17.4. The Hall–Kier alpha value is -1.91. The fourth-order valence-electron chi connectivity index (χ4n) is 2.73. The fraction of sp³-hybridized carbons (Fsp3) is 0.500. The number of carbonyl (C=O) groups excluding carboxylic acids is 1. The lowest BCUT2D eigenvalue weighted by Gasteiger charge is -2.18. The molecule has 138 valence electrons. The molecule has 1 aliphatic heterocycles. The number of likely N-dealkylation sites (tertiary alicyclic amines) is 1. The van der Waals surface area contributed by atoms with E-state index in [0.29, 0.717) is 31.0 Å². The minimum absolute atomic E-state index is 0. The first-order chi connectivity index (χ1) is 11.5. The molecule has 1 heterocycles. The molecule has 1 unspecified atom stereocenters. The van der Waals surface area contributed by atoms with Gasteiger partial charge >= 0.3 is 0 Å². The van der Waals surface area contributed by atoms with Crippen molar-refractivity contribution >= 4 is 41.5 Å². The van der Waals surface area contributed by atoms with Gasteiger partial charge in [-0.2, -0.15) is 0 Å². The van der Waals surface area contributed by atoms with E-state index in [1.54, 1.807) is 25.2 Å². The largest absolute Gasteiger partial charge is 0.352 e. The first kappa shape index (κ1) is 21.1. The maximum Gasteiger partial charge on any atom is 0.274 e. The van der Waals surface area contributed by atoms with E-state index < -0.39 is 4.92 Å². The summed E-state index contributed by atoms with van der Waals surface area (Å²) >= 11 is 0. The molecular formula is C16H24IN5O3. The van der Waals surface area contributed by atoms with Gasteiger partial charge in [-0.3, -0.25) is 19.9 Å². The van der Waals surface area contributed by atoms with Crippen LogP contribution in [0.5, 0.6) is 0 Å². The highest BCUT2D eigenvalue weighted by molar-refractivity contribution is 14.0. The zero-order valence-electron chi connectivity index (χ0n) is 14.4. The Morgan fingerprint density at radius 3 is 2.80 bits per heavy atom. The predicted octanol–water partition coefficient (Wildman–Crippen LogP) is 1.89. The van der Waals surface area contributed by atoms with Crippen molar-refractivity contribution < 1.29 is 9.72 Å². The summed E-state index contributed by atoms with van der Waals surface area (Å²) in [7, 11) is 1.65. The summed E-state index contributed by atoms with van der Waals surface area (Å²) in [5.41, 5.74) is 0.681. The highest BCUT2D eigenvalue weighted by Gasteiger charge is 2.25. The molecule has 0 aliphatic carbocycles. The molecule has 1 aliphatic rings. The van der Waals surface area contributed by atoms with Gasteiger partial charge in [-0.15, -0.1) is 24.0 Å². The smallest absolute Gasteiger partial charge is 0.274 e. The number of nitrogens with zero attached hydrogens (tertiary/aromatic N) is 3. The Morgan fingerprint density at radius 2 is 2.16 bits per heavy atom. The number of hydrogen-bond donors (Lipinski definition) is 2. The van der Waals surface area contributed by atoms with E-state index in [9.17, 15) is 14.9 Å². The molecule has 1 fully saturated rings. The second kappa shape index (κ2) is 10.2. The molecule has 1 aromatic carbocycles. The molecular weight excluding hydrogens is 437 g/mol. The summed E-state index contributed by atoms with van der Waals surface area (Å²) in [6.45, 7) is 3.56. The maximum absolute atomic E-state index is 11.7. The second-order valence-electron chi connectivity index (χ2n) is 5.63. The predicted molar refractivity (Wildman–Crippen MR) is 107 cm³/mol. The molecule has 1 aromatic rings. The number of amides is 1. The van der Waals surface area contributed by atoms with Crippen LogP contribution in [-0.2, 0) is 11.3 Å². The van der Waals surface area contributed by atoms with Crippen molar-refractivity contribution in [2.24, 2.45) is 4.99 Å². The number of hydrogen-bond acceptors (Lipinski definition) is 4. The van der Waals surface area contributed by atoms with Gasteiger partial charge in [0.1, 0.15) is 0 Å². The van der Waals surface area contributed by atoms with Gasteiger partial charge in [0.05, 0.1) is 4.92 Å². The van der Waals surface area contributed by atoms with E-state index in [1.807, 2.05) is 11.8 Å². The first-order valence-corrected chi connectivity index (χ1v) is 8.02. The van der Waals surface area contributed by atoms with Gasteiger partial charge < -0.3 is 15.5 Å². The average Bonchev–Trinajstić information content (AvgIpc) is 3.06. The topological polar surface area (TPSA) is 99.9 Å². The monoisotopic (exact) mass is 461 g/mol. The minimum Gasteiger partial charge on any atom is -0.352 e. The highest BCUT2D eigenvalue weighted by Crippen LogP contribution is 2.17. The van der Waals surface area contributed by atoms with Crippen molar-refractivity contribution in [2.75, 3.05) is 20.1 Å². The van der Waals surface area contributed by atoms with Crippen LogP contribution < -0.4 is 10.6 Å². The Balaban J connectivity index is 0.00000312. The number of guanidine groups is 1. The SMILES string of the molecule is CCC(=O)N1CCC(NC(=NC)NCc2ccccc2[N+](=O)[O-])C1.I. The molecule has 0 bridgehead atoms. The zero-order valence-corrected chi connectivity index (χ0v) is 16.7. The van der Waals surface area contributed by atoms with Crippen LogP contribution in [0.2, 0.25) is 0 Å². The lowest BCUT2D eigenvalue weighted by atomic mass is 10.2. The fourth-order valence-corrected chi connectivity index (χ4v) is 2.73. The van der Waals surface area contributed by atoms with Crippen molar-refractivity contribution in [1.82, 2.24) is 15.5 Å². The summed E-state index contributed by atoms with van der Waals surface area (Å²) in [5.74, 6) is 0.728. The van der Waals surface area contributed by atoms with Crippen molar-refractivity contribution in [3.05, 3.63) is 39.9 Å². The third-order valence-electron chi connectivity index (χ3n) is 4.04. The van der Waals surface area contributed by atoms with Crippen LogP contribution in [-0.4, -0.2) is 47.9 Å². The molecule has 1 amide bonds. The van der Waals surface area contributed by atoms with Gasteiger partial charge in [-0.25, -0.2) is 0 Å².